The lowest BCUT2D eigenvalue weighted by molar-refractivity contribution is 0.313. The van der Waals surface area contributed by atoms with Crippen molar-refractivity contribution in [1.29, 1.82) is 0 Å². The molecule has 1 aromatic heterocycles. The number of anilines is 5. The SMILES string of the molecule is CCCc1cnc(Nc2ccc(N3CCN(C)CC3)cc2)nc1Nc1ccc(C)c(OC)c1. The van der Waals surface area contributed by atoms with Gasteiger partial charge in [0.05, 0.1) is 7.11 Å². The summed E-state index contributed by atoms with van der Waals surface area (Å²) in [6.45, 7) is 8.51. The summed E-state index contributed by atoms with van der Waals surface area (Å²) < 4.78 is 5.47. The Morgan fingerprint density at radius 2 is 1.70 bits per heavy atom. The van der Waals surface area contributed by atoms with Crippen molar-refractivity contribution >= 4 is 28.8 Å². The number of hydrogen-bond acceptors (Lipinski definition) is 7. The maximum absolute atomic E-state index is 5.47. The van der Waals surface area contributed by atoms with E-state index in [2.05, 4.69) is 63.7 Å². The normalized spacial score (nSPS) is 14.2. The Bertz CT molecular complexity index is 1060. The topological polar surface area (TPSA) is 65.6 Å². The molecule has 7 nitrogen and oxygen atoms in total. The zero-order chi connectivity index (χ0) is 23.2. The van der Waals surface area contributed by atoms with Gasteiger partial charge in [0, 0.05) is 61.1 Å². The zero-order valence-electron chi connectivity index (χ0n) is 20.1. The van der Waals surface area contributed by atoms with Crippen molar-refractivity contribution in [2.24, 2.45) is 0 Å². The Labute approximate surface area is 196 Å². The minimum absolute atomic E-state index is 0.573. The standard InChI is InChI=1S/C26H34N6O/c1-5-6-20-18-27-26(30-25(20)28-22-8-7-19(2)24(17-22)33-4)29-21-9-11-23(12-10-21)32-15-13-31(3)14-16-32/h7-12,17-18H,5-6,13-16H2,1-4H3,(H2,27,28,29,30). The van der Waals surface area contributed by atoms with Crippen LogP contribution in [0.3, 0.4) is 0 Å². The number of likely N-dealkylation sites (N-methyl/N-ethyl adjacent to an activating group) is 1. The summed E-state index contributed by atoms with van der Waals surface area (Å²) >= 11 is 0. The number of aryl methyl sites for hydroxylation is 2. The molecule has 3 aromatic rings. The molecule has 0 aliphatic carbocycles. The van der Waals surface area contributed by atoms with Gasteiger partial charge in [-0.25, -0.2) is 4.98 Å². The van der Waals surface area contributed by atoms with E-state index in [1.165, 1.54) is 5.69 Å². The van der Waals surface area contributed by atoms with Crippen LogP contribution in [0.25, 0.3) is 0 Å². The van der Waals surface area contributed by atoms with Crippen molar-refractivity contribution < 1.29 is 4.74 Å². The van der Waals surface area contributed by atoms with E-state index in [1.54, 1.807) is 7.11 Å². The van der Waals surface area contributed by atoms with Gasteiger partial charge in [-0.1, -0.05) is 19.4 Å². The molecule has 1 fully saturated rings. The van der Waals surface area contributed by atoms with E-state index in [-0.39, 0.29) is 0 Å². The van der Waals surface area contributed by atoms with Crippen molar-refractivity contribution in [2.75, 3.05) is 55.9 Å². The van der Waals surface area contributed by atoms with Gasteiger partial charge in [0.1, 0.15) is 11.6 Å². The number of methoxy groups -OCH3 is 1. The molecule has 0 atom stereocenters. The molecule has 1 aliphatic rings. The maximum Gasteiger partial charge on any atom is 0.229 e. The van der Waals surface area contributed by atoms with Crippen molar-refractivity contribution in [2.45, 2.75) is 26.7 Å². The zero-order valence-corrected chi connectivity index (χ0v) is 20.1. The lowest BCUT2D eigenvalue weighted by Crippen LogP contribution is -2.44. The van der Waals surface area contributed by atoms with Crippen LogP contribution >= 0.6 is 0 Å². The maximum atomic E-state index is 5.47. The summed E-state index contributed by atoms with van der Waals surface area (Å²) in [6.07, 6.45) is 3.84. The first-order valence-corrected chi connectivity index (χ1v) is 11.6. The molecule has 0 bridgehead atoms. The molecule has 1 saturated heterocycles. The Morgan fingerprint density at radius 3 is 2.39 bits per heavy atom. The van der Waals surface area contributed by atoms with Gasteiger partial charge in [-0.05, 0) is 56.3 Å². The third kappa shape index (κ3) is 5.73. The van der Waals surface area contributed by atoms with Gasteiger partial charge >= 0.3 is 0 Å². The van der Waals surface area contributed by atoms with Gasteiger partial charge in [0.25, 0.3) is 0 Å². The van der Waals surface area contributed by atoms with Gasteiger partial charge in [-0.2, -0.15) is 4.98 Å². The highest BCUT2D eigenvalue weighted by Gasteiger charge is 2.14. The summed E-state index contributed by atoms with van der Waals surface area (Å²) in [7, 11) is 3.87. The summed E-state index contributed by atoms with van der Waals surface area (Å²) in [5.41, 5.74) is 5.36. The molecule has 33 heavy (non-hydrogen) atoms. The van der Waals surface area contributed by atoms with Crippen molar-refractivity contribution in [3.8, 4) is 5.75 Å². The van der Waals surface area contributed by atoms with Gasteiger partial charge < -0.3 is 25.2 Å². The van der Waals surface area contributed by atoms with Crippen LogP contribution in [0, 0.1) is 6.92 Å². The Morgan fingerprint density at radius 1 is 0.970 bits per heavy atom. The average molecular weight is 447 g/mol. The number of nitrogens with one attached hydrogen (secondary N) is 2. The third-order valence-electron chi connectivity index (χ3n) is 6.05. The highest BCUT2D eigenvalue weighted by atomic mass is 16.5. The fraction of sp³-hybridized carbons (Fsp3) is 0.385. The molecule has 0 unspecified atom stereocenters. The number of rotatable bonds is 8. The Kier molecular flexibility index (Phi) is 7.29. The van der Waals surface area contributed by atoms with E-state index in [0.29, 0.717) is 5.95 Å². The molecular formula is C26H34N6O. The molecule has 0 amide bonds. The van der Waals surface area contributed by atoms with Crippen LogP contribution in [0.5, 0.6) is 5.75 Å². The van der Waals surface area contributed by atoms with Crippen LogP contribution in [0.15, 0.2) is 48.7 Å². The lowest BCUT2D eigenvalue weighted by atomic mass is 10.1. The first-order valence-electron chi connectivity index (χ1n) is 11.6. The first-order chi connectivity index (χ1) is 16.1. The molecule has 2 heterocycles. The van der Waals surface area contributed by atoms with Crippen LogP contribution in [-0.4, -0.2) is 55.2 Å². The van der Waals surface area contributed by atoms with E-state index < -0.39 is 0 Å². The highest BCUT2D eigenvalue weighted by molar-refractivity contribution is 5.65. The first kappa shape index (κ1) is 22.9. The molecule has 0 radical (unpaired) electrons. The molecule has 174 valence electrons. The molecule has 2 aromatic carbocycles. The van der Waals surface area contributed by atoms with Crippen LogP contribution in [0.1, 0.15) is 24.5 Å². The van der Waals surface area contributed by atoms with E-state index >= 15 is 0 Å². The second-order valence-electron chi connectivity index (χ2n) is 8.59. The minimum atomic E-state index is 0.573. The van der Waals surface area contributed by atoms with E-state index in [4.69, 9.17) is 9.72 Å². The average Bonchev–Trinajstić information content (AvgIpc) is 2.83. The molecule has 1 aliphatic heterocycles. The highest BCUT2D eigenvalue weighted by Crippen LogP contribution is 2.27. The van der Waals surface area contributed by atoms with E-state index in [0.717, 1.165) is 73.1 Å². The quantitative estimate of drug-likeness (QED) is 0.506. The molecule has 2 N–H and O–H groups in total. The van der Waals surface area contributed by atoms with Gasteiger partial charge in [-0.15, -0.1) is 0 Å². The number of aromatic nitrogens is 2. The van der Waals surface area contributed by atoms with Crippen molar-refractivity contribution in [3.63, 3.8) is 0 Å². The number of benzene rings is 2. The summed E-state index contributed by atoms with van der Waals surface area (Å²) in [4.78, 5) is 14.1. The molecular weight excluding hydrogens is 412 g/mol. The van der Waals surface area contributed by atoms with Gasteiger partial charge in [-0.3, -0.25) is 0 Å². The van der Waals surface area contributed by atoms with Crippen molar-refractivity contribution in [1.82, 2.24) is 14.9 Å². The lowest BCUT2D eigenvalue weighted by Gasteiger charge is -2.34. The van der Waals surface area contributed by atoms with Crippen LogP contribution < -0.4 is 20.3 Å². The summed E-state index contributed by atoms with van der Waals surface area (Å²) in [5.74, 6) is 2.24. The number of hydrogen-bond donors (Lipinski definition) is 2. The van der Waals surface area contributed by atoms with Gasteiger partial charge in [0.2, 0.25) is 5.95 Å². The summed E-state index contributed by atoms with van der Waals surface area (Å²) in [6, 6.07) is 14.6. The second-order valence-corrected chi connectivity index (χ2v) is 8.59. The molecule has 0 spiro atoms. The predicted octanol–water partition coefficient (Wildman–Crippen LogP) is 4.99. The molecule has 4 rings (SSSR count). The van der Waals surface area contributed by atoms with Gasteiger partial charge in [0.15, 0.2) is 0 Å². The Balaban J connectivity index is 1.50. The molecule has 7 heteroatoms. The fourth-order valence-corrected chi connectivity index (χ4v) is 4.01. The fourth-order valence-electron chi connectivity index (χ4n) is 4.01. The van der Waals surface area contributed by atoms with Crippen LogP contribution in [0.2, 0.25) is 0 Å². The second kappa shape index (κ2) is 10.5. The monoisotopic (exact) mass is 446 g/mol. The van der Waals surface area contributed by atoms with E-state index in [9.17, 15) is 0 Å². The largest absolute Gasteiger partial charge is 0.496 e. The smallest absolute Gasteiger partial charge is 0.229 e. The summed E-state index contributed by atoms with van der Waals surface area (Å²) in [5, 5.41) is 6.81. The number of nitrogens with zero attached hydrogens (tertiary/aromatic N) is 4. The number of ether oxygens (including phenoxy) is 1. The molecule has 0 saturated carbocycles. The number of piperazine rings is 1. The van der Waals surface area contributed by atoms with Crippen LogP contribution in [0.4, 0.5) is 28.8 Å². The van der Waals surface area contributed by atoms with Crippen LogP contribution in [-0.2, 0) is 6.42 Å². The minimum Gasteiger partial charge on any atom is -0.496 e. The Hall–Kier alpha value is -3.32. The predicted molar refractivity (Wildman–Crippen MR) is 136 cm³/mol. The van der Waals surface area contributed by atoms with E-state index in [1.807, 2.05) is 31.3 Å². The van der Waals surface area contributed by atoms with Crippen molar-refractivity contribution in [3.05, 3.63) is 59.8 Å². The third-order valence-corrected chi connectivity index (χ3v) is 6.05.